The number of nitrogens with two attached hydrogens (primary N) is 1. The highest BCUT2D eigenvalue weighted by molar-refractivity contribution is 14.1. The van der Waals surface area contributed by atoms with E-state index in [-0.39, 0.29) is 5.56 Å². The molecule has 0 spiro atoms. The van der Waals surface area contributed by atoms with E-state index in [4.69, 9.17) is 10.5 Å². The third-order valence-electron chi connectivity index (χ3n) is 4.63. The molecule has 7 nitrogen and oxygen atoms in total. The summed E-state index contributed by atoms with van der Waals surface area (Å²) in [7, 11) is 3.24. The van der Waals surface area contributed by atoms with E-state index in [0.29, 0.717) is 39.2 Å². The van der Waals surface area contributed by atoms with E-state index < -0.39 is 0 Å². The van der Waals surface area contributed by atoms with E-state index in [0.717, 1.165) is 10.1 Å². The first-order valence-corrected chi connectivity index (χ1v) is 10.1. The fourth-order valence-electron chi connectivity index (χ4n) is 3.18. The van der Waals surface area contributed by atoms with E-state index in [1.807, 2.05) is 12.1 Å². The maximum atomic E-state index is 12.7. The van der Waals surface area contributed by atoms with E-state index in [1.54, 1.807) is 32.5 Å². The quantitative estimate of drug-likeness (QED) is 0.197. The summed E-state index contributed by atoms with van der Waals surface area (Å²) >= 11 is 2.32. The number of aryl methyl sites for hydroxylation is 1. The molecule has 0 saturated heterocycles. The highest BCUT2D eigenvalue weighted by Gasteiger charge is 2.14. The van der Waals surface area contributed by atoms with Gasteiger partial charge in [-0.2, -0.15) is 0 Å². The van der Waals surface area contributed by atoms with Gasteiger partial charge in [0.1, 0.15) is 11.3 Å². The Morgan fingerprint density at radius 3 is 2.82 bits per heavy atom. The molecule has 0 aliphatic carbocycles. The van der Waals surface area contributed by atoms with Gasteiger partial charge in [-0.25, -0.2) is 9.97 Å². The van der Waals surface area contributed by atoms with Crippen LogP contribution >= 0.6 is 22.6 Å². The van der Waals surface area contributed by atoms with Crippen LogP contribution in [0.4, 0.5) is 17.3 Å². The first-order chi connectivity index (χ1) is 13.5. The van der Waals surface area contributed by atoms with Gasteiger partial charge in [0.15, 0.2) is 0 Å². The lowest BCUT2D eigenvalue weighted by Gasteiger charge is -2.12. The maximum absolute atomic E-state index is 12.7. The fourth-order valence-corrected chi connectivity index (χ4v) is 3.65. The molecule has 142 valence electrons. The molecule has 2 heterocycles. The topological polar surface area (TPSA) is 95.1 Å². The molecule has 3 N–H and O–H groups in total. The Labute approximate surface area is 174 Å². The molecule has 0 unspecified atom stereocenters. The normalized spacial score (nSPS) is 11.1. The molecule has 0 atom stereocenters. The zero-order valence-electron chi connectivity index (χ0n) is 15.4. The van der Waals surface area contributed by atoms with Gasteiger partial charge >= 0.3 is 0 Å². The minimum absolute atomic E-state index is 0.157. The molecule has 0 bridgehead atoms. The smallest absolute Gasteiger partial charge is 0.258 e. The summed E-state index contributed by atoms with van der Waals surface area (Å²) in [6.07, 6.45) is 1.65. The predicted molar refractivity (Wildman–Crippen MR) is 121 cm³/mol. The number of alkyl halides is 1. The second kappa shape index (κ2) is 7.27. The molecule has 0 aliphatic rings. The third-order valence-corrected chi connectivity index (χ3v) is 5.51. The first kappa shape index (κ1) is 18.5. The van der Waals surface area contributed by atoms with Crippen LogP contribution in [0.2, 0.25) is 0 Å². The van der Waals surface area contributed by atoms with Gasteiger partial charge in [0.25, 0.3) is 5.56 Å². The van der Waals surface area contributed by atoms with Crippen LogP contribution in [0.3, 0.4) is 0 Å². The lowest BCUT2D eigenvalue weighted by Crippen LogP contribution is -2.18. The van der Waals surface area contributed by atoms with Crippen molar-refractivity contribution in [2.45, 2.75) is 4.43 Å². The number of benzene rings is 2. The molecular weight excluding hydrogens is 469 g/mol. The first-order valence-electron chi connectivity index (χ1n) is 8.56. The van der Waals surface area contributed by atoms with Crippen LogP contribution in [-0.4, -0.2) is 21.6 Å². The van der Waals surface area contributed by atoms with Crippen molar-refractivity contribution in [2.24, 2.45) is 7.05 Å². The number of anilines is 3. The van der Waals surface area contributed by atoms with Crippen molar-refractivity contribution in [2.75, 3.05) is 18.2 Å². The minimum Gasteiger partial charge on any atom is -0.495 e. The number of halogens is 1. The maximum Gasteiger partial charge on any atom is 0.258 e. The van der Waals surface area contributed by atoms with Gasteiger partial charge in [0, 0.05) is 22.5 Å². The zero-order chi connectivity index (χ0) is 19.8. The number of methoxy groups -OCH3 is 1. The molecule has 2 aromatic carbocycles. The number of fused-ring (bicyclic) bond motifs is 3. The molecule has 4 rings (SSSR count). The molecule has 0 radical (unpaired) electrons. The second-order valence-corrected chi connectivity index (χ2v) is 7.15. The Morgan fingerprint density at radius 1 is 1.25 bits per heavy atom. The molecule has 0 fully saturated rings. The van der Waals surface area contributed by atoms with Crippen LogP contribution in [0.15, 0.2) is 47.4 Å². The number of nitrogens with zero attached hydrogens (tertiary/aromatic N) is 3. The molecule has 0 aliphatic heterocycles. The van der Waals surface area contributed by atoms with Gasteiger partial charge in [-0.1, -0.05) is 34.7 Å². The number of pyridine rings is 1. The summed E-state index contributed by atoms with van der Waals surface area (Å²) < 4.78 is 7.78. The number of hydrogen-bond donors (Lipinski definition) is 2. The van der Waals surface area contributed by atoms with Crippen LogP contribution in [0.25, 0.3) is 21.8 Å². The number of nitrogens with one attached hydrogen (secondary N) is 1. The van der Waals surface area contributed by atoms with Crippen molar-refractivity contribution < 1.29 is 4.74 Å². The summed E-state index contributed by atoms with van der Waals surface area (Å²) in [5.74, 6) is 0.957. The SMILES string of the molecule is COc1cc2c(cc1N)c(=O)n(C)c1cnc(Nc3cccc(CI)c3)nc21. The summed E-state index contributed by atoms with van der Waals surface area (Å²) in [5, 5.41) is 4.41. The van der Waals surface area contributed by atoms with Crippen LogP contribution in [-0.2, 0) is 11.5 Å². The fraction of sp³-hybridized carbons (Fsp3) is 0.150. The largest absolute Gasteiger partial charge is 0.495 e. The Bertz CT molecular complexity index is 1270. The average molecular weight is 487 g/mol. The summed E-state index contributed by atoms with van der Waals surface area (Å²) in [6.45, 7) is 0. The van der Waals surface area contributed by atoms with Gasteiger partial charge in [-0.05, 0) is 29.8 Å². The van der Waals surface area contributed by atoms with Crippen molar-refractivity contribution in [3.8, 4) is 5.75 Å². The highest BCUT2D eigenvalue weighted by Crippen LogP contribution is 2.30. The lowest BCUT2D eigenvalue weighted by molar-refractivity contribution is 0.417. The van der Waals surface area contributed by atoms with Crippen LogP contribution in [0.5, 0.6) is 5.75 Å². The number of nitrogen functional groups attached to an aromatic ring is 1. The molecule has 2 aromatic heterocycles. The molecular formula is C20H18IN5O2. The van der Waals surface area contributed by atoms with Gasteiger partial charge in [0.05, 0.1) is 29.9 Å². The molecule has 0 amide bonds. The zero-order valence-corrected chi connectivity index (χ0v) is 17.5. The predicted octanol–water partition coefficient (Wildman–Crippen LogP) is 3.75. The molecule has 8 heteroatoms. The van der Waals surface area contributed by atoms with Gasteiger partial charge in [-0.3, -0.25) is 4.79 Å². The van der Waals surface area contributed by atoms with E-state index in [1.165, 1.54) is 10.1 Å². The molecule has 0 saturated carbocycles. The number of rotatable bonds is 4. The highest BCUT2D eigenvalue weighted by atomic mass is 127. The van der Waals surface area contributed by atoms with Crippen LogP contribution in [0, 0.1) is 0 Å². The molecule has 28 heavy (non-hydrogen) atoms. The summed E-state index contributed by atoms with van der Waals surface area (Å²) in [6, 6.07) is 11.5. The standard InChI is InChI=1S/C20H18IN5O2/c1-26-16-10-23-20(24-12-5-3-4-11(6-12)9-21)25-18(16)13-8-17(28-2)15(22)7-14(13)19(26)27/h3-8,10H,9,22H2,1-2H3,(H,23,24,25). The lowest BCUT2D eigenvalue weighted by atomic mass is 10.1. The summed E-state index contributed by atoms with van der Waals surface area (Å²) in [4.78, 5) is 21.8. The Balaban J connectivity index is 1.93. The van der Waals surface area contributed by atoms with Crippen molar-refractivity contribution in [3.63, 3.8) is 0 Å². The Hall–Kier alpha value is -2.88. The van der Waals surface area contributed by atoms with E-state index in [2.05, 4.69) is 50.0 Å². The van der Waals surface area contributed by atoms with Crippen molar-refractivity contribution in [1.82, 2.24) is 14.5 Å². The van der Waals surface area contributed by atoms with E-state index in [9.17, 15) is 4.79 Å². The summed E-state index contributed by atoms with van der Waals surface area (Å²) in [5.41, 5.74) is 9.66. The molecule has 4 aromatic rings. The Morgan fingerprint density at radius 2 is 2.07 bits per heavy atom. The number of hydrogen-bond acceptors (Lipinski definition) is 6. The van der Waals surface area contributed by atoms with Crippen molar-refractivity contribution in [1.29, 1.82) is 0 Å². The van der Waals surface area contributed by atoms with Gasteiger partial charge in [0.2, 0.25) is 5.95 Å². The van der Waals surface area contributed by atoms with Crippen LogP contribution in [0.1, 0.15) is 5.56 Å². The second-order valence-electron chi connectivity index (χ2n) is 6.39. The van der Waals surface area contributed by atoms with Crippen molar-refractivity contribution >= 4 is 61.7 Å². The third kappa shape index (κ3) is 3.13. The number of aromatic nitrogens is 3. The van der Waals surface area contributed by atoms with E-state index >= 15 is 0 Å². The average Bonchev–Trinajstić information content (AvgIpc) is 2.72. The minimum atomic E-state index is -0.157. The number of ether oxygens (including phenoxy) is 1. The van der Waals surface area contributed by atoms with Crippen molar-refractivity contribution in [3.05, 3.63) is 58.5 Å². The van der Waals surface area contributed by atoms with Gasteiger partial charge in [-0.15, -0.1) is 0 Å². The van der Waals surface area contributed by atoms with Gasteiger partial charge < -0.3 is 20.4 Å². The Kier molecular flexibility index (Phi) is 4.80. The monoisotopic (exact) mass is 487 g/mol. The van der Waals surface area contributed by atoms with Crippen LogP contribution < -0.4 is 21.3 Å².